The van der Waals surface area contributed by atoms with E-state index < -0.39 is 0 Å². The molecule has 1 unspecified atom stereocenters. The van der Waals surface area contributed by atoms with E-state index in [-0.39, 0.29) is 36.8 Å². The normalized spacial score (nSPS) is 25.1. The Bertz CT molecular complexity index is 244. The fraction of sp³-hybridized carbons (Fsp3) is 0.909. The molecule has 18 heavy (non-hydrogen) atoms. The van der Waals surface area contributed by atoms with Gasteiger partial charge in [0.1, 0.15) is 0 Å². The summed E-state index contributed by atoms with van der Waals surface area (Å²) in [5.74, 6) is 2.68. The molecule has 0 spiro atoms. The molecule has 0 aliphatic carbocycles. The van der Waals surface area contributed by atoms with Gasteiger partial charge in [0.25, 0.3) is 0 Å². The Morgan fingerprint density at radius 1 is 1.39 bits per heavy atom. The molecule has 2 N–H and O–H groups in total. The van der Waals surface area contributed by atoms with E-state index in [1.54, 1.807) is 11.8 Å². The van der Waals surface area contributed by atoms with E-state index in [0.29, 0.717) is 5.92 Å². The van der Waals surface area contributed by atoms with Crippen LogP contribution in [-0.2, 0) is 4.79 Å². The second-order valence-electron chi connectivity index (χ2n) is 4.76. The molecule has 2 saturated heterocycles. The molecule has 0 saturated carbocycles. The zero-order valence-electron chi connectivity index (χ0n) is 10.7. The van der Waals surface area contributed by atoms with Crippen LogP contribution < -0.4 is 10.6 Å². The number of nitrogens with zero attached hydrogens (tertiary/aromatic N) is 1. The smallest absolute Gasteiger partial charge is 0.238 e. The summed E-state index contributed by atoms with van der Waals surface area (Å²) in [7, 11) is 2.16. The third-order valence-corrected chi connectivity index (χ3v) is 4.38. The Labute approximate surface area is 126 Å². The Morgan fingerprint density at radius 2 is 2.06 bits per heavy atom. The van der Waals surface area contributed by atoms with Crippen LogP contribution in [0.25, 0.3) is 0 Å². The summed E-state index contributed by atoms with van der Waals surface area (Å²) in [5, 5.41) is 6.27. The lowest BCUT2D eigenvalue weighted by molar-refractivity contribution is -0.122. The highest BCUT2D eigenvalue weighted by Crippen LogP contribution is 2.15. The third kappa shape index (κ3) is 5.53. The van der Waals surface area contributed by atoms with Crippen molar-refractivity contribution >= 4 is 42.5 Å². The first kappa shape index (κ1) is 18.3. The van der Waals surface area contributed by atoms with E-state index in [2.05, 4.69) is 22.6 Å². The Kier molecular flexibility index (Phi) is 9.42. The molecule has 0 bridgehead atoms. The molecule has 2 heterocycles. The minimum absolute atomic E-state index is 0. The monoisotopic (exact) mass is 315 g/mol. The van der Waals surface area contributed by atoms with Gasteiger partial charge in [0.05, 0.1) is 6.04 Å². The van der Waals surface area contributed by atoms with Gasteiger partial charge in [0.15, 0.2) is 0 Å². The van der Waals surface area contributed by atoms with Crippen molar-refractivity contribution in [3.05, 3.63) is 0 Å². The molecule has 0 aromatic heterocycles. The number of nitrogens with one attached hydrogen (secondary N) is 2. The summed E-state index contributed by atoms with van der Waals surface area (Å²) in [6, 6.07) is 0.0382. The van der Waals surface area contributed by atoms with Crippen LogP contribution in [0.1, 0.15) is 12.8 Å². The molecule has 108 valence electrons. The number of piperidine rings is 1. The van der Waals surface area contributed by atoms with Gasteiger partial charge in [-0.2, -0.15) is 0 Å². The van der Waals surface area contributed by atoms with Gasteiger partial charge in [-0.25, -0.2) is 0 Å². The Morgan fingerprint density at radius 3 is 2.61 bits per heavy atom. The van der Waals surface area contributed by atoms with Crippen molar-refractivity contribution in [2.24, 2.45) is 5.92 Å². The highest BCUT2D eigenvalue weighted by atomic mass is 35.5. The van der Waals surface area contributed by atoms with Crippen LogP contribution in [0, 0.1) is 5.92 Å². The van der Waals surface area contributed by atoms with Crippen LogP contribution in [0.15, 0.2) is 0 Å². The maximum absolute atomic E-state index is 11.8. The van der Waals surface area contributed by atoms with E-state index in [1.165, 1.54) is 12.8 Å². The average molecular weight is 316 g/mol. The first-order valence-corrected chi connectivity index (χ1v) is 7.18. The molecule has 0 aromatic carbocycles. The van der Waals surface area contributed by atoms with Crippen LogP contribution in [0.2, 0.25) is 0 Å². The van der Waals surface area contributed by atoms with Gasteiger partial charge in [-0.15, -0.1) is 36.6 Å². The van der Waals surface area contributed by atoms with Crippen LogP contribution >= 0.6 is 36.6 Å². The lowest BCUT2D eigenvalue weighted by Gasteiger charge is -2.29. The van der Waals surface area contributed by atoms with E-state index >= 15 is 0 Å². The van der Waals surface area contributed by atoms with Gasteiger partial charge < -0.3 is 10.2 Å². The lowest BCUT2D eigenvalue weighted by atomic mass is 9.97. The molecule has 2 aliphatic heterocycles. The van der Waals surface area contributed by atoms with Gasteiger partial charge in [-0.1, -0.05) is 0 Å². The van der Waals surface area contributed by atoms with Gasteiger partial charge in [-0.3, -0.25) is 10.1 Å². The van der Waals surface area contributed by atoms with Gasteiger partial charge >= 0.3 is 0 Å². The van der Waals surface area contributed by atoms with Crippen LogP contribution in [0.4, 0.5) is 0 Å². The summed E-state index contributed by atoms with van der Waals surface area (Å²) < 4.78 is 0. The standard InChI is InChI=1S/C11H21N3OS.2ClH/c1-14-4-2-9(3-5-14)6-12-11(15)10-7-16-8-13-10;;/h9-10,13H,2-8H2,1H3,(H,12,15);2*1H. The zero-order chi connectivity index (χ0) is 11.4. The fourth-order valence-corrected chi connectivity index (χ4v) is 3.14. The molecular formula is C11H23Cl2N3OS. The summed E-state index contributed by atoms with van der Waals surface area (Å²) in [6.07, 6.45) is 2.42. The Hall–Kier alpha value is 0.320. The average Bonchev–Trinajstić information content (AvgIpc) is 2.81. The van der Waals surface area contributed by atoms with Gasteiger partial charge in [-0.05, 0) is 38.9 Å². The van der Waals surface area contributed by atoms with Crippen molar-refractivity contribution in [1.82, 2.24) is 15.5 Å². The zero-order valence-corrected chi connectivity index (χ0v) is 13.1. The number of likely N-dealkylation sites (tertiary alicyclic amines) is 1. The number of carbonyl (C=O) groups excluding carboxylic acids is 1. The summed E-state index contributed by atoms with van der Waals surface area (Å²) in [6.45, 7) is 3.19. The highest BCUT2D eigenvalue weighted by molar-refractivity contribution is 7.99. The number of carbonyl (C=O) groups is 1. The summed E-state index contributed by atoms with van der Waals surface area (Å²) in [4.78, 5) is 14.1. The number of hydrogen-bond acceptors (Lipinski definition) is 4. The fourth-order valence-electron chi connectivity index (χ4n) is 2.20. The minimum atomic E-state index is 0. The molecule has 1 atom stereocenters. The number of halogens is 2. The van der Waals surface area contributed by atoms with E-state index in [9.17, 15) is 4.79 Å². The van der Waals surface area contributed by atoms with E-state index in [0.717, 1.165) is 31.3 Å². The van der Waals surface area contributed by atoms with Crippen molar-refractivity contribution in [2.45, 2.75) is 18.9 Å². The summed E-state index contributed by atoms with van der Waals surface area (Å²) >= 11 is 1.79. The number of rotatable bonds is 3. The SMILES string of the molecule is CN1CCC(CNC(=O)C2CSCN2)CC1.Cl.Cl. The first-order chi connectivity index (χ1) is 7.75. The first-order valence-electron chi connectivity index (χ1n) is 6.03. The third-order valence-electron chi connectivity index (χ3n) is 3.44. The lowest BCUT2D eigenvalue weighted by Crippen LogP contribution is -2.45. The van der Waals surface area contributed by atoms with E-state index in [1.807, 2.05) is 0 Å². The maximum Gasteiger partial charge on any atom is 0.238 e. The van der Waals surface area contributed by atoms with Crippen molar-refractivity contribution in [3.63, 3.8) is 0 Å². The quantitative estimate of drug-likeness (QED) is 0.814. The molecule has 0 aromatic rings. The molecule has 2 rings (SSSR count). The van der Waals surface area contributed by atoms with Crippen molar-refractivity contribution < 1.29 is 4.79 Å². The molecule has 7 heteroatoms. The van der Waals surface area contributed by atoms with Crippen LogP contribution in [0.5, 0.6) is 0 Å². The van der Waals surface area contributed by atoms with Crippen molar-refractivity contribution in [2.75, 3.05) is 38.3 Å². The van der Waals surface area contributed by atoms with Crippen LogP contribution in [0.3, 0.4) is 0 Å². The molecule has 2 fully saturated rings. The second-order valence-corrected chi connectivity index (χ2v) is 5.79. The minimum Gasteiger partial charge on any atom is -0.354 e. The molecule has 2 aliphatic rings. The second kappa shape index (κ2) is 9.26. The predicted octanol–water partition coefficient (Wildman–Crippen LogP) is 0.950. The largest absolute Gasteiger partial charge is 0.354 e. The van der Waals surface area contributed by atoms with Gasteiger partial charge in [0, 0.05) is 18.2 Å². The van der Waals surface area contributed by atoms with Crippen molar-refractivity contribution in [1.29, 1.82) is 0 Å². The molecule has 4 nitrogen and oxygen atoms in total. The highest BCUT2D eigenvalue weighted by Gasteiger charge is 2.23. The maximum atomic E-state index is 11.8. The van der Waals surface area contributed by atoms with E-state index in [4.69, 9.17) is 0 Å². The summed E-state index contributed by atoms with van der Waals surface area (Å²) in [5.41, 5.74) is 0. The van der Waals surface area contributed by atoms with Crippen LogP contribution in [-0.4, -0.2) is 55.2 Å². The van der Waals surface area contributed by atoms with Crippen molar-refractivity contribution in [3.8, 4) is 0 Å². The number of hydrogen-bond donors (Lipinski definition) is 2. The predicted molar refractivity (Wildman–Crippen MR) is 82.0 cm³/mol. The number of amides is 1. The Balaban J connectivity index is 0.00000144. The molecular weight excluding hydrogens is 293 g/mol. The topological polar surface area (TPSA) is 44.4 Å². The molecule has 0 radical (unpaired) electrons. The van der Waals surface area contributed by atoms with Gasteiger partial charge in [0.2, 0.25) is 5.91 Å². The number of thioether (sulfide) groups is 1. The molecule has 1 amide bonds.